The number of carbonyl (C=O) groups is 2. The fraction of sp³-hybridized carbons (Fsp3) is 0.875. The van der Waals surface area contributed by atoms with Crippen molar-refractivity contribution in [3.05, 3.63) is 0 Å². The quantitative estimate of drug-likeness (QED) is 0.466. The molecule has 0 aliphatic heterocycles. The second kappa shape index (κ2) is 7.65. The third kappa shape index (κ3) is 3.97. The van der Waals surface area contributed by atoms with Gasteiger partial charge in [-0.15, -0.1) is 0 Å². The number of carboxylic acids is 2. The van der Waals surface area contributed by atoms with Crippen LogP contribution in [-0.2, 0) is 9.59 Å². The summed E-state index contributed by atoms with van der Waals surface area (Å²) < 4.78 is 0. The average Bonchev–Trinajstić information content (AvgIpc) is 2.36. The Kier molecular flexibility index (Phi) is 7.25. The van der Waals surface area contributed by atoms with Crippen LogP contribution in [0.3, 0.4) is 0 Å². The van der Waals surface area contributed by atoms with Crippen LogP contribution < -0.4 is 0 Å². The molecule has 0 aliphatic carbocycles. The molecule has 1 atom stereocenters. The first-order valence-corrected chi connectivity index (χ1v) is 7.59. The van der Waals surface area contributed by atoms with Gasteiger partial charge in [0, 0.05) is 0 Å². The minimum atomic E-state index is -1.75. The van der Waals surface area contributed by atoms with E-state index in [1.165, 1.54) is 26.2 Å². The molecule has 0 amide bonds. The first kappa shape index (κ1) is 18.9. The van der Waals surface area contributed by atoms with E-state index in [1.807, 2.05) is 6.92 Å². The summed E-state index contributed by atoms with van der Waals surface area (Å²) in [5.74, 6) is -2.47. The van der Waals surface area contributed by atoms with E-state index in [1.54, 1.807) is 13.8 Å². The monoisotopic (exact) mass is 286 g/mol. The van der Waals surface area contributed by atoms with Gasteiger partial charge >= 0.3 is 11.9 Å². The molecule has 0 heterocycles. The minimum Gasteiger partial charge on any atom is -0.480 e. The van der Waals surface area contributed by atoms with Crippen molar-refractivity contribution in [2.75, 3.05) is 0 Å². The molecule has 1 unspecified atom stereocenters. The van der Waals surface area contributed by atoms with E-state index in [0.29, 0.717) is 0 Å². The normalized spacial score (nSPS) is 14.1. The lowest BCUT2D eigenvalue weighted by atomic mass is 9.59. The van der Waals surface area contributed by atoms with Gasteiger partial charge in [-0.2, -0.15) is 0 Å². The summed E-state index contributed by atoms with van der Waals surface area (Å²) in [5.41, 5.74) is -2.55. The highest BCUT2D eigenvalue weighted by Gasteiger charge is 2.55. The molecule has 0 aromatic rings. The van der Waals surface area contributed by atoms with Crippen molar-refractivity contribution in [1.82, 2.24) is 0 Å². The molecule has 0 aliphatic rings. The summed E-state index contributed by atoms with van der Waals surface area (Å²) in [6.07, 6.45) is 6.63. The van der Waals surface area contributed by atoms with Crippen molar-refractivity contribution < 1.29 is 19.8 Å². The molecule has 4 nitrogen and oxygen atoms in total. The van der Waals surface area contributed by atoms with Gasteiger partial charge in [0.2, 0.25) is 0 Å². The Bertz CT molecular complexity index is 319. The Balaban J connectivity index is 4.75. The van der Waals surface area contributed by atoms with Crippen molar-refractivity contribution in [2.24, 2.45) is 16.7 Å². The third-order valence-corrected chi connectivity index (χ3v) is 5.12. The zero-order valence-electron chi connectivity index (χ0n) is 13.5. The number of carboxylic acid groups (broad SMARTS) is 2. The standard InChI is InChI=1S/C16H30O4/c1-6-7-8-9-10-11-12(2)15(3,4)16(5,13(17)18)14(19)20/h12H,6-11H2,1-5H3,(H,17,18)(H,19,20). The number of hydrogen-bond donors (Lipinski definition) is 2. The highest BCUT2D eigenvalue weighted by Crippen LogP contribution is 2.47. The van der Waals surface area contributed by atoms with Crippen LogP contribution in [0.5, 0.6) is 0 Å². The van der Waals surface area contributed by atoms with Crippen LogP contribution >= 0.6 is 0 Å². The van der Waals surface area contributed by atoms with Gasteiger partial charge in [-0.1, -0.05) is 66.2 Å². The van der Waals surface area contributed by atoms with Crippen molar-refractivity contribution in [3.63, 3.8) is 0 Å². The smallest absolute Gasteiger partial charge is 0.321 e. The lowest BCUT2D eigenvalue weighted by Gasteiger charge is -2.42. The van der Waals surface area contributed by atoms with Crippen molar-refractivity contribution in [1.29, 1.82) is 0 Å². The first-order valence-electron chi connectivity index (χ1n) is 7.59. The molecule has 0 spiro atoms. The van der Waals surface area contributed by atoms with E-state index in [0.717, 1.165) is 19.3 Å². The zero-order valence-corrected chi connectivity index (χ0v) is 13.5. The molecule has 20 heavy (non-hydrogen) atoms. The van der Waals surface area contributed by atoms with Gasteiger partial charge in [0.05, 0.1) is 0 Å². The van der Waals surface area contributed by atoms with Gasteiger partial charge < -0.3 is 10.2 Å². The van der Waals surface area contributed by atoms with Crippen LogP contribution in [0.2, 0.25) is 0 Å². The van der Waals surface area contributed by atoms with Crippen LogP contribution in [0.25, 0.3) is 0 Å². The third-order valence-electron chi connectivity index (χ3n) is 5.12. The molecule has 0 fully saturated rings. The Morgan fingerprint density at radius 2 is 1.40 bits per heavy atom. The second-order valence-corrected chi connectivity index (χ2v) is 6.56. The summed E-state index contributed by atoms with van der Waals surface area (Å²) >= 11 is 0. The Labute approximate surface area is 122 Å². The maximum absolute atomic E-state index is 11.4. The predicted molar refractivity (Wildman–Crippen MR) is 79.7 cm³/mol. The Hall–Kier alpha value is -1.06. The van der Waals surface area contributed by atoms with Crippen LogP contribution in [-0.4, -0.2) is 22.2 Å². The summed E-state index contributed by atoms with van der Waals surface area (Å²) in [5, 5.41) is 18.7. The summed E-state index contributed by atoms with van der Waals surface area (Å²) in [7, 11) is 0. The maximum atomic E-state index is 11.4. The number of rotatable bonds is 10. The molecule has 0 radical (unpaired) electrons. The van der Waals surface area contributed by atoms with Gasteiger partial charge in [-0.05, 0) is 18.3 Å². The van der Waals surface area contributed by atoms with E-state index < -0.39 is 22.8 Å². The molecule has 0 bridgehead atoms. The Morgan fingerprint density at radius 3 is 1.80 bits per heavy atom. The van der Waals surface area contributed by atoms with E-state index in [2.05, 4.69) is 6.92 Å². The molecule has 0 aromatic carbocycles. The van der Waals surface area contributed by atoms with Gasteiger partial charge in [0.1, 0.15) is 0 Å². The molecule has 0 saturated carbocycles. The van der Waals surface area contributed by atoms with Gasteiger partial charge in [-0.3, -0.25) is 9.59 Å². The van der Waals surface area contributed by atoms with E-state index in [9.17, 15) is 19.8 Å². The van der Waals surface area contributed by atoms with Crippen LogP contribution in [0.1, 0.15) is 73.1 Å². The largest absolute Gasteiger partial charge is 0.480 e. The molecular formula is C16H30O4. The van der Waals surface area contributed by atoms with Gasteiger partial charge in [0.15, 0.2) is 5.41 Å². The molecule has 0 saturated heterocycles. The van der Waals surface area contributed by atoms with Crippen molar-refractivity contribution in [2.45, 2.75) is 73.1 Å². The van der Waals surface area contributed by atoms with Gasteiger partial charge in [-0.25, -0.2) is 0 Å². The average molecular weight is 286 g/mol. The molecule has 2 N–H and O–H groups in total. The SMILES string of the molecule is CCCCCCCC(C)C(C)(C)C(C)(C(=O)O)C(=O)O. The number of aliphatic carboxylic acids is 2. The van der Waals surface area contributed by atoms with E-state index in [4.69, 9.17) is 0 Å². The lowest BCUT2D eigenvalue weighted by molar-refractivity contribution is -0.175. The molecular weight excluding hydrogens is 256 g/mol. The number of hydrogen-bond acceptors (Lipinski definition) is 2. The topological polar surface area (TPSA) is 74.6 Å². The molecule has 118 valence electrons. The van der Waals surface area contributed by atoms with Crippen LogP contribution in [0.4, 0.5) is 0 Å². The summed E-state index contributed by atoms with van der Waals surface area (Å²) in [6, 6.07) is 0. The van der Waals surface area contributed by atoms with Crippen molar-refractivity contribution in [3.8, 4) is 0 Å². The number of unbranched alkanes of at least 4 members (excludes halogenated alkanes) is 4. The lowest BCUT2D eigenvalue weighted by Crippen LogP contribution is -2.51. The minimum absolute atomic E-state index is 0.0429. The maximum Gasteiger partial charge on any atom is 0.321 e. The van der Waals surface area contributed by atoms with Crippen LogP contribution in [0, 0.1) is 16.7 Å². The molecule has 4 heteroatoms. The molecule has 0 rings (SSSR count). The first-order chi connectivity index (χ1) is 9.12. The summed E-state index contributed by atoms with van der Waals surface area (Å²) in [6.45, 7) is 8.96. The van der Waals surface area contributed by atoms with E-state index in [-0.39, 0.29) is 5.92 Å². The highest BCUT2D eigenvalue weighted by atomic mass is 16.4. The summed E-state index contributed by atoms with van der Waals surface area (Å²) in [4.78, 5) is 22.9. The zero-order chi connectivity index (χ0) is 16.0. The second-order valence-electron chi connectivity index (χ2n) is 6.56. The fourth-order valence-electron chi connectivity index (χ4n) is 2.55. The Morgan fingerprint density at radius 1 is 0.950 bits per heavy atom. The van der Waals surface area contributed by atoms with Gasteiger partial charge in [0.25, 0.3) is 0 Å². The highest BCUT2D eigenvalue weighted by molar-refractivity contribution is 5.98. The predicted octanol–water partition coefficient (Wildman–Crippen LogP) is 4.18. The van der Waals surface area contributed by atoms with Crippen molar-refractivity contribution >= 4 is 11.9 Å². The van der Waals surface area contributed by atoms with Crippen LogP contribution in [0.15, 0.2) is 0 Å². The fourth-order valence-corrected chi connectivity index (χ4v) is 2.55. The molecule has 0 aromatic heterocycles. The van der Waals surface area contributed by atoms with E-state index >= 15 is 0 Å².